The molecule has 5 nitrogen and oxygen atoms in total. The largest absolute Gasteiger partial charge is 0.444 e. The summed E-state index contributed by atoms with van der Waals surface area (Å²) in [6.07, 6.45) is 0.366. The Hall–Kier alpha value is -0.530. The molecule has 0 saturated heterocycles. The molecule has 0 saturated carbocycles. The first kappa shape index (κ1) is 14.5. The van der Waals surface area contributed by atoms with E-state index in [9.17, 15) is 9.59 Å². The average Bonchev–Trinajstić information content (AvgIpc) is 2.09. The minimum absolute atomic E-state index is 0.290. The van der Waals surface area contributed by atoms with Crippen molar-refractivity contribution in [3.05, 3.63) is 0 Å². The van der Waals surface area contributed by atoms with Gasteiger partial charge in [0.2, 0.25) is 0 Å². The molecule has 0 rings (SSSR count). The van der Waals surface area contributed by atoms with Crippen molar-refractivity contribution in [3.63, 3.8) is 0 Å². The van der Waals surface area contributed by atoms with Gasteiger partial charge < -0.3 is 13.1 Å². The Morgan fingerprint density at radius 1 is 1.33 bits per heavy atom. The Morgan fingerprint density at radius 3 is 2.40 bits per heavy atom. The number of ether oxygens (including phenoxy) is 1. The fourth-order valence-electron chi connectivity index (χ4n) is 0.776. The van der Waals surface area contributed by atoms with E-state index >= 15 is 0 Å². The van der Waals surface area contributed by atoms with Crippen molar-refractivity contribution < 1.29 is 17.4 Å². The van der Waals surface area contributed by atoms with E-state index in [4.69, 9.17) is 4.74 Å². The molecule has 0 aromatic carbocycles. The monoisotopic (exact) mass is 329 g/mol. The zero-order valence-electron chi connectivity index (χ0n) is 9.13. The summed E-state index contributed by atoms with van der Waals surface area (Å²) in [4.78, 5) is 21.8. The maximum absolute atomic E-state index is 11.1. The van der Waals surface area contributed by atoms with E-state index in [1.807, 2.05) is 0 Å². The summed E-state index contributed by atoms with van der Waals surface area (Å²) >= 11 is 1.53. The van der Waals surface area contributed by atoms with Gasteiger partial charge in [0.05, 0.1) is 0 Å². The first-order valence-electron chi connectivity index (χ1n) is 4.63. The lowest BCUT2D eigenvalue weighted by molar-refractivity contribution is -0.131. The SMILES string of the molecule is CC(C)(C)OC(=O)NCCCC(=O)OI. The van der Waals surface area contributed by atoms with Crippen molar-refractivity contribution in [2.24, 2.45) is 0 Å². The molecule has 0 aliphatic carbocycles. The van der Waals surface area contributed by atoms with Crippen LogP contribution in [0.4, 0.5) is 4.79 Å². The van der Waals surface area contributed by atoms with Crippen molar-refractivity contribution in [2.45, 2.75) is 39.2 Å². The van der Waals surface area contributed by atoms with Crippen LogP contribution < -0.4 is 5.32 Å². The number of rotatable bonds is 4. The Bertz CT molecular complexity index is 225. The molecule has 0 spiro atoms. The third-order valence-electron chi connectivity index (χ3n) is 1.31. The van der Waals surface area contributed by atoms with E-state index in [0.717, 1.165) is 0 Å². The molecule has 0 aromatic rings. The van der Waals surface area contributed by atoms with E-state index in [0.29, 0.717) is 19.4 Å². The summed E-state index contributed by atoms with van der Waals surface area (Å²) in [5.74, 6) is -0.290. The molecule has 88 valence electrons. The van der Waals surface area contributed by atoms with Gasteiger partial charge in [-0.2, -0.15) is 0 Å². The fourth-order valence-corrected chi connectivity index (χ4v) is 0.996. The van der Waals surface area contributed by atoms with Crippen LogP contribution in [0.15, 0.2) is 0 Å². The third-order valence-corrected chi connectivity index (χ3v) is 1.80. The second-order valence-electron chi connectivity index (χ2n) is 3.98. The predicted octanol–water partition coefficient (Wildman–Crippen LogP) is 2.18. The summed E-state index contributed by atoms with van der Waals surface area (Å²) in [6, 6.07) is 0. The van der Waals surface area contributed by atoms with Crippen molar-refractivity contribution in [2.75, 3.05) is 6.54 Å². The van der Waals surface area contributed by atoms with Gasteiger partial charge >= 0.3 is 12.1 Å². The number of hydrogen-bond donors (Lipinski definition) is 1. The fraction of sp³-hybridized carbons (Fsp3) is 0.778. The van der Waals surface area contributed by atoms with Crippen molar-refractivity contribution in [1.82, 2.24) is 5.32 Å². The highest BCUT2D eigenvalue weighted by Crippen LogP contribution is 2.06. The van der Waals surface area contributed by atoms with Gasteiger partial charge in [-0.1, -0.05) is 0 Å². The smallest absolute Gasteiger partial charge is 0.407 e. The first-order valence-corrected chi connectivity index (χ1v) is 5.51. The highest BCUT2D eigenvalue weighted by Gasteiger charge is 2.15. The molecule has 0 aromatic heterocycles. The molecule has 0 aliphatic rings. The lowest BCUT2D eigenvalue weighted by Crippen LogP contribution is -2.33. The standard InChI is InChI=1S/C9H16INO4/c1-9(2,3)14-8(13)11-6-4-5-7(12)15-10/h4-6H2,1-3H3,(H,11,13). The van der Waals surface area contributed by atoms with Gasteiger partial charge in [0.25, 0.3) is 0 Å². The Balaban J connectivity index is 3.52. The minimum atomic E-state index is -0.495. The van der Waals surface area contributed by atoms with Crippen molar-refractivity contribution in [3.8, 4) is 0 Å². The van der Waals surface area contributed by atoms with Crippen LogP contribution in [-0.4, -0.2) is 24.2 Å². The summed E-state index contributed by atoms with van der Waals surface area (Å²) in [7, 11) is 0. The molecule has 0 radical (unpaired) electrons. The summed E-state index contributed by atoms with van der Waals surface area (Å²) in [5, 5.41) is 2.55. The number of alkyl carbamates (subject to hydrolysis) is 1. The van der Waals surface area contributed by atoms with Crippen LogP contribution in [-0.2, 0) is 12.6 Å². The zero-order valence-corrected chi connectivity index (χ0v) is 11.3. The summed E-state index contributed by atoms with van der Waals surface area (Å²) in [6.45, 7) is 5.78. The molecule has 1 N–H and O–H groups in total. The van der Waals surface area contributed by atoms with Gasteiger partial charge in [-0.15, -0.1) is 0 Å². The molecule has 0 heterocycles. The summed E-state index contributed by atoms with van der Waals surface area (Å²) in [5.41, 5.74) is -0.495. The predicted molar refractivity (Wildman–Crippen MR) is 63.6 cm³/mol. The molecule has 0 fully saturated rings. The van der Waals surface area contributed by atoms with E-state index in [-0.39, 0.29) is 5.97 Å². The van der Waals surface area contributed by atoms with Crippen LogP contribution in [0.2, 0.25) is 0 Å². The van der Waals surface area contributed by atoms with Crippen LogP contribution in [0.25, 0.3) is 0 Å². The number of carbonyl (C=O) groups is 2. The van der Waals surface area contributed by atoms with Crippen LogP contribution in [0.3, 0.4) is 0 Å². The molecule has 0 unspecified atom stereocenters. The second-order valence-corrected chi connectivity index (χ2v) is 4.42. The van der Waals surface area contributed by atoms with E-state index in [1.54, 1.807) is 20.8 Å². The van der Waals surface area contributed by atoms with Gasteiger partial charge in [0.1, 0.15) is 5.60 Å². The van der Waals surface area contributed by atoms with Gasteiger partial charge in [0, 0.05) is 13.0 Å². The number of carbonyl (C=O) groups excluding carboxylic acids is 2. The van der Waals surface area contributed by atoms with Gasteiger partial charge in [0.15, 0.2) is 23.0 Å². The third kappa shape index (κ3) is 9.77. The van der Waals surface area contributed by atoms with Gasteiger partial charge in [-0.05, 0) is 27.2 Å². The number of amides is 1. The van der Waals surface area contributed by atoms with E-state index in [1.165, 1.54) is 23.0 Å². The highest BCUT2D eigenvalue weighted by atomic mass is 127. The maximum atomic E-state index is 11.1. The van der Waals surface area contributed by atoms with E-state index < -0.39 is 11.7 Å². The quantitative estimate of drug-likeness (QED) is 0.634. The molecular weight excluding hydrogens is 313 g/mol. The molecular formula is C9H16INO4. The van der Waals surface area contributed by atoms with Crippen molar-refractivity contribution >= 4 is 35.1 Å². The zero-order chi connectivity index (χ0) is 11.9. The molecule has 1 amide bonds. The van der Waals surface area contributed by atoms with Crippen LogP contribution in [0.1, 0.15) is 33.6 Å². The number of nitrogens with one attached hydrogen (secondary N) is 1. The lowest BCUT2D eigenvalue weighted by Gasteiger charge is -2.19. The number of halogens is 1. The Labute approximate surface area is 104 Å². The van der Waals surface area contributed by atoms with Gasteiger partial charge in [-0.25, -0.2) is 4.79 Å². The Kier molecular flexibility index (Phi) is 6.62. The Morgan fingerprint density at radius 2 is 1.93 bits per heavy atom. The summed E-state index contributed by atoms with van der Waals surface area (Å²) < 4.78 is 9.43. The van der Waals surface area contributed by atoms with Crippen LogP contribution in [0.5, 0.6) is 0 Å². The second kappa shape index (κ2) is 6.86. The van der Waals surface area contributed by atoms with Crippen LogP contribution >= 0.6 is 23.0 Å². The highest BCUT2D eigenvalue weighted by molar-refractivity contribution is 14.1. The molecule has 0 bridgehead atoms. The van der Waals surface area contributed by atoms with E-state index in [2.05, 4.69) is 8.38 Å². The average molecular weight is 329 g/mol. The normalized spacial score (nSPS) is 10.7. The molecule has 15 heavy (non-hydrogen) atoms. The maximum Gasteiger partial charge on any atom is 0.407 e. The minimum Gasteiger partial charge on any atom is -0.444 e. The topological polar surface area (TPSA) is 64.6 Å². The molecule has 6 heteroatoms. The first-order chi connectivity index (χ1) is 6.85. The van der Waals surface area contributed by atoms with Crippen LogP contribution in [0, 0.1) is 0 Å². The number of hydrogen-bond acceptors (Lipinski definition) is 4. The van der Waals surface area contributed by atoms with Crippen molar-refractivity contribution in [1.29, 1.82) is 0 Å². The lowest BCUT2D eigenvalue weighted by atomic mass is 10.2. The molecule has 0 aliphatic heterocycles. The van der Waals surface area contributed by atoms with Gasteiger partial charge in [-0.3, -0.25) is 4.79 Å². The molecule has 0 atom stereocenters.